The van der Waals surface area contributed by atoms with Crippen LogP contribution in [0, 0.1) is 60.2 Å². The van der Waals surface area contributed by atoms with Gasteiger partial charge in [-0.05, 0) is 148 Å². The number of hydrogen-bond donors (Lipinski definition) is 2. The number of allylic oxidation sites excluding steroid dienone is 1. The Morgan fingerprint density at radius 3 is 2.48 bits per heavy atom. The molecule has 4 aliphatic carbocycles. The molecule has 1 aromatic carbocycles. The first kappa shape index (κ1) is 28.3. The van der Waals surface area contributed by atoms with Gasteiger partial charge in [0.15, 0.2) is 0 Å². The van der Waals surface area contributed by atoms with Crippen LogP contribution in [0.15, 0.2) is 23.8 Å². The van der Waals surface area contributed by atoms with E-state index in [0.29, 0.717) is 17.0 Å². The van der Waals surface area contributed by atoms with Gasteiger partial charge in [-0.2, -0.15) is 0 Å². The van der Waals surface area contributed by atoms with Crippen LogP contribution in [0.1, 0.15) is 113 Å². The van der Waals surface area contributed by atoms with Crippen molar-refractivity contribution in [2.24, 2.45) is 46.3 Å². The Labute approximate surface area is 242 Å². The molecule has 0 spiro atoms. The van der Waals surface area contributed by atoms with E-state index in [0.717, 1.165) is 65.9 Å². The number of esters is 1. The Kier molecular flexibility index (Phi) is 7.42. The van der Waals surface area contributed by atoms with Crippen molar-refractivity contribution < 1.29 is 14.6 Å². The molecule has 1 saturated heterocycles. The van der Waals surface area contributed by atoms with Crippen LogP contribution in [-0.4, -0.2) is 29.8 Å². The van der Waals surface area contributed by atoms with Crippen molar-refractivity contribution in [2.45, 2.75) is 118 Å². The van der Waals surface area contributed by atoms with Gasteiger partial charge in [-0.25, -0.2) is 4.79 Å². The number of aryl methyl sites for hydroxylation is 2. The number of fused-ring (bicyclic) bond motifs is 5. The summed E-state index contributed by atoms with van der Waals surface area (Å²) >= 11 is 0. The molecule has 10 atom stereocenters. The van der Waals surface area contributed by atoms with Gasteiger partial charge in [0, 0.05) is 12.5 Å². The summed E-state index contributed by atoms with van der Waals surface area (Å²) in [6, 6.07) is 4.21. The van der Waals surface area contributed by atoms with Gasteiger partial charge in [0.05, 0.1) is 5.56 Å². The van der Waals surface area contributed by atoms with Crippen molar-refractivity contribution in [3.63, 3.8) is 0 Å². The number of phenols is 1. The van der Waals surface area contributed by atoms with Crippen molar-refractivity contribution in [2.75, 3.05) is 6.54 Å². The zero-order chi connectivity index (χ0) is 28.4. The van der Waals surface area contributed by atoms with Gasteiger partial charge in [0.2, 0.25) is 0 Å². The molecule has 0 radical (unpaired) electrons. The normalized spacial score (nSPS) is 41.8. The second-order valence-corrected chi connectivity index (χ2v) is 15.3. The molecule has 4 heteroatoms. The molecule has 1 aromatic rings. The van der Waals surface area contributed by atoms with Crippen LogP contribution in [0.2, 0.25) is 0 Å². The van der Waals surface area contributed by atoms with Gasteiger partial charge in [-0.1, -0.05) is 39.3 Å². The number of nitrogens with one attached hydrogen (secondary N) is 1. The molecular weight excluding hydrogens is 494 g/mol. The molecule has 2 N–H and O–H groups in total. The number of ether oxygens (including phenoxy) is 1. The zero-order valence-corrected chi connectivity index (χ0v) is 25.9. The number of hydrogen-bond acceptors (Lipinski definition) is 4. The van der Waals surface area contributed by atoms with Crippen molar-refractivity contribution in [1.29, 1.82) is 0 Å². The van der Waals surface area contributed by atoms with E-state index < -0.39 is 0 Å². The fraction of sp³-hybridized carbons (Fsp3) is 0.750. The third-order valence-corrected chi connectivity index (χ3v) is 13.1. The molecule has 0 bridgehead atoms. The number of rotatable bonds is 4. The number of carbonyl (C=O) groups excluding carboxylic acids is 1. The fourth-order valence-corrected chi connectivity index (χ4v) is 10.7. The molecule has 1 heterocycles. The van der Waals surface area contributed by atoms with Crippen molar-refractivity contribution >= 4 is 5.97 Å². The van der Waals surface area contributed by atoms with Crippen LogP contribution < -0.4 is 5.32 Å². The first-order valence-electron chi connectivity index (χ1n) is 16.5. The third kappa shape index (κ3) is 4.65. The average molecular weight is 548 g/mol. The molecule has 6 rings (SSSR count). The maximum Gasteiger partial charge on any atom is 0.338 e. The highest BCUT2D eigenvalue weighted by atomic mass is 16.5. The predicted octanol–water partition coefficient (Wildman–Crippen LogP) is 8.14. The van der Waals surface area contributed by atoms with Crippen LogP contribution in [0.5, 0.6) is 5.75 Å². The SMILES string of the molecule is Cc1cc(C(=O)O[C@H]2CC[C@@]3(C)C(=CC[C@H]4[C@@H]5CC[C@H]([C@H](C)[C@H]6CC[C@H](C)CN6)[C@@]5(C)CC[C@@H]43)C2)cc(C)c1O. The van der Waals surface area contributed by atoms with E-state index in [9.17, 15) is 9.90 Å². The Bertz CT molecular complexity index is 1140. The molecule has 3 saturated carbocycles. The van der Waals surface area contributed by atoms with Crippen molar-refractivity contribution in [1.82, 2.24) is 5.32 Å². The molecular formula is C36H53NO3. The minimum absolute atomic E-state index is 0.0472. The second kappa shape index (κ2) is 10.5. The van der Waals surface area contributed by atoms with Gasteiger partial charge < -0.3 is 15.2 Å². The van der Waals surface area contributed by atoms with Gasteiger partial charge in [-0.15, -0.1) is 0 Å². The van der Waals surface area contributed by atoms with Gasteiger partial charge in [0.1, 0.15) is 11.9 Å². The minimum atomic E-state index is -0.254. The molecule has 0 aromatic heterocycles. The lowest BCUT2D eigenvalue weighted by molar-refractivity contribution is -0.0617. The summed E-state index contributed by atoms with van der Waals surface area (Å²) in [4.78, 5) is 13.0. The van der Waals surface area contributed by atoms with Crippen LogP contribution in [-0.2, 0) is 4.74 Å². The van der Waals surface area contributed by atoms with Crippen LogP contribution in [0.3, 0.4) is 0 Å². The monoisotopic (exact) mass is 547 g/mol. The Morgan fingerprint density at radius 1 is 1.02 bits per heavy atom. The van der Waals surface area contributed by atoms with Crippen LogP contribution in [0.4, 0.5) is 0 Å². The maximum absolute atomic E-state index is 13.0. The second-order valence-electron chi connectivity index (χ2n) is 15.3. The third-order valence-electron chi connectivity index (χ3n) is 13.1. The smallest absolute Gasteiger partial charge is 0.338 e. The number of aromatic hydroxyl groups is 1. The average Bonchev–Trinajstić information content (AvgIpc) is 3.28. The summed E-state index contributed by atoms with van der Waals surface area (Å²) in [6.45, 7) is 15.1. The molecule has 4 nitrogen and oxygen atoms in total. The van der Waals surface area contributed by atoms with E-state index in [-0.39, 0.29) is 23.2 Å². The van der Waals surface area contributed by atoms with E-state index in [2.05, 4.69) is 39.1 Å². The van der Waals surface area contributed by atoms with E-state index in [1.165, 1.54) is 51.5 Å². The molecule has 0 unspecified atom stereocenters. The number of phenolic OH excluding ortho intramolecular Hbond substituents is 1. The number of benzene rings is 1. The van der Waals surface area contributed by atoms with Gasteiger partial charge in [0.25, 0.3) is 0 Å². The summed E-state index contributed by atoms with van der Waals surface area (Å²) < 4.78 is 6.08. The fourth-order valence-electron chi connectivity index (χ4n) is 10.7. The summed E-state index contributed by atoms with van der Waals surface area (Å²) in [5.74, 6) is 4.90. The summed E-state index contributed by atoms with van der Waals surface area (Å²) in [5.41, 5.74) is 4.29. The predicted molar refractivity (Wildman–Crippen MR) is 161 cm³/mol. The lowest BCUT2D eigenvalue weighted by Crippen LogP contribution is -2.52. The first-order valence-corrected chi connectivity index (χ1v) is 16.5. The highest BCUT2D eigenvalue weighted by Gasteiger charge is 2.59. The van der Waals surface area contributed by atoms with Crippen LogP contribution in [0.25, 0.3) is 0 Å². The number of piperidine rings is 1. The van der Waals surface area contributed by atoms with E-state index >= 15 is 0 Å². The highest BCUT2D eigenvalue weighted by molar-refractivity contribution is 5.90. The van der Waals surface area contributed by atoms with E-state index in [1.54, 1.807) is 17.7 Å². The van der Waals surface area contributed by atoms with Crippen LogP contribution >= 0.6 is 0 Å². The molecule has 220 valence electrons. The lowest BCUT2D eigenvalue weighted by Gasteiger charge is -2.58. The zero-order valence-electron chi connectivity index (χ0n) is 25.9. The summed E-state index contributed by atoms with van der Waals surface area (Å²) in [7, 11) is 0. The molecule has 1 aliphatic heterocycles. The first-order chi connectivity index (χ1) is 19.0. The molecule has 5 aliphatic rings. The number of carbonyl (C=O) groups is 1. The minimum Gasteiger partial charge on any atom is -0.507 e. The van der Waals surface area contributed by atoms with E-state index in [1.807, 2.05) is 13.8 Å². The highest BCUT2D eigenvalue weighted by Crippen LogP contribution is 2.67. The topological polar surface area (TPSA) is 58.6 Å². The summed E-state index contributed by atoms with van der Waals surface area (Å²) in [6.07, 6.45) is 15.0. The quantitative estimate of drug-likeness (QED) is 0.295. The Balaban J connectivity index is 1.14. The van der Waals surface area contributed by atoms with E-state index in [4.69, 9.17) is 4.74 Å². The molecule has 4 fully saturated rings. The summed E-state index contributed by atoms with van der Waals surface area (Å²) in [5, 5.41) is 14.0. The molecule has 40 heavy (non-hydrogen) atoms. The largest absolute Gasteiger partial charge is 0.507 e. The standard InChI is InChI=1S/C36H53NO3/c1-21-7-12-32(37-20-21)24(4)29-10-11-30-28-9-8-26-19-27(13-15-35(26,5)31(28)14-16-36(29,30)6)40-34(39)25-17-22(2)33(38)23(3)18-25/h8,17-18,21,24,27-32,37-38H,7,9-16,19-20H2,1-6H3/t21-,24-,27-,28-,29+,30-,31-,32+,35-,36+/m0/s1. The van der Waals surface area contributed by atoms with Gasteiger partial charge in [-0.3, -0.25) is 0 Å². The molecule has 0 amide bonds. The maximum atomic E-state index is 13.0. The lowest BCUT2D eigenvalue weighted by atomic mass is 9.47. The Morgan fingerprint density at radius 2 is 1.77 bits per heavy atom. The van der Waals surface area contributed by atoms with Crippen molar-refractivity contribution in [3.05, 3.63) is 40.5 Å². The van der Waals surface area contributed by atoms with Crippen molar-refractivity contribution in [3.8, 4) is 5.75 Å². The Hall–Kier alpha value is -1.81. The van der Waals surface area contributed by atoms with Gasteiger partial charge >= 0.3 is 5.97 Å².